The topological polar surface area (TPSA) is 38.3 Å². The van der Waals surface area contributed by atoms with Crippen molar-refractivity contribution in [1.82, 2.24) is 0 Å². The number of hydrogen-bond acceptors (Lipinski definition) is 4. The van der Waals surface area contributed by atoms with Gasteiger partial charge in [-0.05, 0) is 49.3 Å². The lowest BCUT2D eigenvalue weighted by Crippen LogP contribution is -2.14. The summed E-state index contributed by atoms with van der Waals surface area (Å²) in [7, 11) is 1.31. The second kappa shape index (κ2) is 9.37. The van der Waals surface area contributed by atoms with E-state index in [0.29, 0.717) is 15.7 Å². The van der Waals surface area contributed by atoms with Gasteiger partial charge >= 0.3 is 5.97 Å². The minimum atomic E-state index is -0.528. The highest BCUT2D eigenvalue weighted by Gasteiger charge is 2.18. The number of methoxy groups -OCH3 is 1. The van der Waals surface area contributed by atoms with Crippen LogP contribution in [0.5, 0.6) is 0 Å². The van der Waals surface area contributed by atoms with E-state index in [0.717, 1.165) is 25.7 Å². The molecule has 0 aliphatic carbocycles. The Kier molecular flexibility index (Phi) is 7.49. The summed E-state index contributed by atoms with van der Waals surface area (Å²) in [6.45, 7) is 0. The first kappa shape index (κ1) is 19.2. The van der Waals surface area contributed by atoms with E-state index in [1.165, 1.54) is 18.1 Å². The van der Waals surface area contributed by atoms with Crippen LogP contribution in [-0.2, 0) is 11.2 Å². The van der Waals surface area contributed by atoms with Gasteiger partial charge < -0.3 is 10.1 Å². The van der Waals surface area contributed by atoms with Gasteiger partial charge in [-0.25, -0.2) is 4.79 Å². The lowest BCUT2D eigenvalue weighted by Gasteiger charge is -2.13. The van der Waals surface area contributed by atoms with Crippen molar-refractivity contribution in [2.75, 3.05) is 12.4 Å². The molecular formula is C17H17Cl2NO2S2. The summed E-state index contributed by atoms with van der Waals surface area (Å²) in [5, 5.41) is 5.81. The van der Waals surface area contributed by atoms with E-state index in [2.05, 4.69) is 22.8 Å². The Labute approximate surface area is 160 Å². The quantitative estimate of drug-likeness (QED) is 0.351. The predicted molar refractivity (Wildman–Crippen MR) is 106 cm³/mol. The molecule has 1 heterocycles. The normalized spacial score (nSPS) is 10.5. The Morgan fingerprint density at radius 3 is 2.79 bits per heavy atom. The van der Waals surface area contributed by atoms with Crippen LogP contribution in [0.25, 0.3) is 0 Å². The van der Waals surface area contributed by atoms with Crippen LogP contribution in [0.4, 0.5) is 5.69 Å². The van der Waals surface area contributed by atoms with Crippen LogP contribution in [0, 0.1) is 0 Å². The SMILES string of the molecule is COC(=O)c1c(Cl)cc(Cl)cc1NC(=S)CCCCc1cccs1. The maximum Gasteiger partial charge on any atom is 0.341 e. The van der Waals surface area contributed by atoms with E-state index < -0.39 is 5.97 Å². The monoisotopic (exact) mass is 401 g/mol. The molecule has 24 heavy (non-hydrogen) atoms. The van der Waals surface area contributed by atoms with E-state index in [1.54, 1.807) is 17.4 Å². The third-order valence-electron chi connectivity index (χ3n) is 3.38. The van der Waals surface area contributed by atoms with Crippen LogP contribution < -0.4 is 5.32 Å². The number of unbranched alkanes of at least 4 members (excludes halogenated alkanes) is 1. The standard InChI is InChI=1S/C17H17Cl2NO2S2/c1-22-17(21)16-13(19)9-11(18)10-14(16)20-15(23)7-3-2-5-12-6-4-8-24-12/h4,6,8-10H,2-3,5,7H2,1H3,(H,20,23). The Morgan fingerprint density at radius 1 is 1.33 bits per heavy atom. The van der Waals surface area contributed by atoms with Gasteiger partial charge in [-0.15, -0.1) is 11.3 Å². The third-order valence-corrected chi connectivity index (χ3v) is 5.13. The van der Waals surface area contributed by atoms with Gasteiger partial charge in [0, 0.05) is 9.90 Å². The number of hydrogen-bond donors (Lipinski definition) is 1. The minimum Gasteiger partial charge on any atom is -0.465 e. The zero-order chi connectivity index (χ0) is 17.5. The average Bonchev–Trinajstić information content (AvgIpc) is 3.04. The Bertz CT molecular complexity index is 718. The van der Waals surface area contributed by atoms with Crippen molar-refractivity contribution in [3.63, 3.8) is 0 Å². The van der Waals surface area contributed by atoms with Crippen molar-refractivity contribution in [2.24, 2.45) is 0 Å². The second-order valence-electron chi connectivity index (χ2n) is 5.14. The van der Waals surface area contributed by atoms with Crippen LogP contribution in [0.1, 0.15) is 34.5 Å². The minimum absolute atomic E-state index is 0.234. The Hall–Kier alpha value is -1.14. The number of aryl methyl sites for hydroxylation is 1. The van der Waals surface area contributed by atoms with E-state index in [1.807, 2.05) is 0 Å². The van der Waals surface area contributed by atoms with E-state index in [-0.39, 0.29) is 10.6 Å². The van der Waals surface area contributed by atoms with Gasteiger partial charge in [0.2, 0.25) is 0 Å². The summed E-state index contributed by atoms with van der Waals surface area (Å²) in [5.41, 5.74) is 0.715. The molecule has 0 atom stereocenters. The maximum absolute atomic E-state index is 11.9. The number of thiocarbonyl (C=S) groups is 1. The van der Waals surface area contributed by atoms with Gasteiger partial charge in [-0.2, -0.15) is 0 Å². The number of benzene rings is 1. The molecule has 2 rings (SSSR count). The number of rotatable bonds is 7. The zero-order valence-corrected chi connectivity index (χ0v) is 16.2. The largest absolute Gasteiger partial charge is 0.465 e. The van der Waals surface area contributed by atoms with E-state index >= 15 is 0 Å². The van der Waals surface area contributed by atoms with Crippen molar-refractivity contribution in [1.29, 1.82) is 0 Å². The van der Waals surface area contributed by atoms with E-state index in [4.69, 9.17) is 40.2 Å². The summed E-state index contributed by atoms with van der Waals surface area (Å²) >= 11 is 19.3. The number of anilines is 1. The molecule has 0 saturated carbocycles. The molecule has 0 amide bonds. The number of carbonyl (C=O) groups excluding carboxylic acids is 1. The zero-order valence-electron chi connectivity index (χ0n) is 13.1. The maximum atomic E-state index is 11.9. The molecule has 0 spiro atoms. The molecule has 0 unspecified atom stereocenters. The number of nitrogens with one attached hydrogen (secondary N) is 1. The summed E-state index contributed by atoms with van der Waals surface area (Å²) in [6.07, 6.45) is 3.80. The molecule has 0 fully saturated rings. The van der Waals surface area contributed by atoms with Gasteiger partial charge in [0.15, 0.2) is 0 Å². The molecule has 0 aliphatic rings. The summed E-state index contributed by atoms with van der Waals surface area (Å²) < 4.78 is 4.77. The molecular weight excluding hydrogens is 385 g/mol. The lowest BCUT2D eigenvalue weighted by molar-refractivity contribution is 0.0602. The predicted octanol–water partition coefficient (Wildman–Crippen LogP) is 5.99. The van der Waals surface area contributed by atoms with Crippen molar-refractivity contribution in [2.45, 2.75) is 25.7 Å². The van der Waals surface area contributed by atoms with Crippen LogP contribution in [0.3, 0.4) is 0 Å². The molecule has 128 valence electrons. The average molecular weight is 402 g/mol. The van der Waals surface area contributed by atoms with Gasteiger partial charge in [0.25, 0.3) is 0 Å². The highest BCUT2D eigenvalue weighted by molar-refractivity contribution is 7.80. The number of esters is 1. The number of ether oxygens (including phenoxy) is 1. The fourth-order valence-electron chi connectivity index (χ4n) is 2.23. The lowest BCUT2D eigenvalue weighted by atomic mass is 10.1. The van der Waals surface area contributed by atoms with Crippen molar-refractivity contribution >= 4 is 63.4 Å². The molecule has 2 aromatic rings. The van der Waals surface area contributed by atoms with Gasteiger partial charge in [-0.3, -0.25) is 0 Å². The van der Waals surface area contributed by atoms with Gasteiger partial charge in [-0.1, -0.05) is 41.5 Å². The smallest absolute Gasteiger partial charge is 0.341 e. The van der Waals surface area contributed by atoms with Crippen LogP contribution >= 0.6 is 46.8 Å². The second-order valence-corrected chi connectivity index (χ2v) is 7.51. The number of thiophene rings is 1. The molecule has 3 nitrogen and oxygen atoms in total. The number of halogens is 2. The van der Waals surface area contributed by atoms with Gasteiger partial charge in [0.05, 0.1) is 22.8 Å². The third kappa shape index (κ3) is 5.45. The van der Waals surface area contributed by atoms with Crippen LogP contribution in [0.2, 0.25) is 10.0 Å². The van der Waals surface area contributed by atoms with Crippen LogP contribution in [-0.4, -0.2) is 18.1 Å². The first-order valence-electron chi connectivity index (χ1n) is 7.41. The molecule has 0 aliphatic heterocycles. The van der Waals surface area contributed by atoms with E-state index in [9.17, 15) is 4.79 Å². The van der Waals surface area contributed by atoms with Crippen molar-refractivity contribution < 1.29 is 9.53 Å². The van der Waals surface area contributed by atoms with Gasteiger partial charge in [0.1, 0.15) is 5.56 Å². The highest BCUT2D eigenvalue weighted by atomic mass is 35.5. The Balaban J connectivity index is 1.94. The highest BCUT2D eigenvalue weighted by Crippen LogP contribution is 2.30. The molecule has 0 saturated heterocycles. The molecule has 1 N–H and O–H groups in total. The van der Waals surface area contributed by atoms with Crippen molar-refractivity contribution in [3.8, 4) is 0 Å². The Morgan fingerprint density at radius 2 is 2.12 bits per heavy atom. The molecule has 7 heteroatoms. The first-order chi connectivity index (χ1) is 11.5. The fraction of sp³-hybridized carbons (Fsp3) is 0.294. The van der Waals surface area contributed by atoms with Crippen LogP contribution in [0.15, 0.2) is 29.6 Å². The number of carbonyl (C=O) groups is 1. The summed E-state index contributed by atoms with van der Waals surface area (Å²) in [4.78, 5) is 13.9. The molecule has 0 bridgehead atoms. The molecule has 1 aromatic carbocycles. The molecule has 1 aromatic heterocycles. The molecule has 0 radical (unpaired) electrons. The van der Waals surface area contributed by atoms with Crippen molar-refractivity contribution in [3.05, 3.63) is 50.1 Å². The summed E-state index contributed by atoms with van der Waals surface area (Å²) in [5.74, 6) is -0.528. The summed E-state index contributed by atoms with van der Waals surface area (Å²) in [6, 6.07) is 7.32. The first-order valence-corrected chi connectivity index (χ1v) is 9.45. The fourth-order valence-corrected chi connectivity index (χ4v) is 3.81.